The summed E-state index contributed by atoms with van der Waals surface area (Å²) in [5.41, 5.74) is 4.46. The molecule has 0 spiro atoms. The molecule has 0 heterocycles. The van der Waals surface area contributed by atoms with Gasteiger partial charge in [-0.2, -0.15) is 5.10 Å². The van der Waals surface area contributed by atoms with E-state index in [0.717, 1.165) is 16.3 Å². The van der Waals surface area contributed by atoms with E-state index in [4.69, 9.17) is 9.47 Å². The second-order valence-electron chi connectivity index (χ2n) is 7.84. The number of ether oxygens (including phenoxy) is 2. The summed E-state index contributed by atoms with van der Waals surface area (Å²) in [5, 5.41) is 8.07. The van der Waals surface area contributed by atoms with Crippen LogP contribution in [0.15, 0.2) is 90.0 Å². The highest BCUT2D eigenvalue weighted by molar-refractivity contribution is 6.39. The average molecular weight is 482 g/mol. The quantitative estimate of drug-likeness (QED) is 0.139. The number of hydrogen-bond donors (Lipinski definition) is 2. The third-order valence-electron chi connectivity index (χ3n) is 5.30. The number of anilines is 1. The minimum Gasteiger partial charge on any atom is -0.497 e. The molecule has 0 aliphatic heterocycles. The van der Waals surface area contributed by atoms with E-state index in [1.54, 1.807) is 48.5 Å². The first kappa shape index (κ1) is 24.2. The molecule has 0 saturated heterocycles. The number of esters is 1. The van der Waals surface area contributed by atoms with E-state index >= 15 is 0 Å². The molecule has 0 radical (unpaired) electrons. The maximum atomic E-state index is 12.7. The normalized spacial score (nSPS) is 10.7. The fourth-order valence-electron chi connectivity index (χ4n) is 3.50. The van der Waals surface area contributed by atoms with Gasteiger partial charge in [-0.3, -0.25) is 9.59 Å². The third-order valence-corrected chi connectivity index (χ3v) is 5.30. The van der Waals surface area contributed by atoms with E-state index in [0.29, 0.717) is 22.6 Å². The van der Waals surface area contributed by atoms with Crippen LogP contribution in [-0.4, -0.2) is 31.1 Å². The molecule has 8 nitrogen and oxygen atoms in total. The molecule has 4 aromatic carbocycles. The van der Waals surface area contributed by atoms with E-state index in [2.05, 4.69) is 15.8 Å². The van der Waals surface area contributed by atoms with Crippen molar-refractivity contribution < 1.29 is 23.9 Å². The third kappa shape index (κ3) is 5.74. The Hall–Kier alpha value is -4.98. The monoisotopic (exact) mass is 481 g/mol. The fourth-order valence-corrected chi connectivity index (χ4v) is 3.50. The first-order valence-electron chi connectivity index (χ1n) is 11.0. The molecule has 0 saturated carbocycles. The number of carbonyl (C=O) groups excluding carboxylic acids is 3. The standard InChI is InChI=1S/C28H23N3O5/c1-18-6-5-8-20(16-18)28(34)36-25-15-10-19-7-3-4-9-23(19)24(25)17-29-31-27(33)26(32)30-21-11-13-22(35-2)14-12-21/h3-17H,1-2H3,(H,30,32)(H,31,33)/b29-17+. The van der Waals surface area contributed by atoms with Gasteiger partial charge in [0.15, 0.2) is 0 Å². The Morgan fingerprint density at radius 1 is 0.861 bits per heavy atom. The first-order valence-corrected chi connectivity index (χ1v) is 11.0. The molecule has 0 aromatic heterocycles. The largest absolute Gasteiger partial charge is 0.497 e. The maximum absolute atomic E-state index is 12.7. The van der Waals surface area contributed by atoms with Crippen LogP contribution < -0.4 is 20.2 Å². The van der Waals surface area contributed by atoms with Crippen molar-refractivity contribution in [3.8, 4) is 11.5 Å². The van der Waals surface area contributed by atoms with Crippen LogP contribution in [-0.2, 0) is 9.59 Å². The van der Waals surface area contributed by atoms with E-state index < -0.39 is 17.8 Å². The maximum Gasteiger partial charge on any atom is 0.343 e. The molecule has 8 heteroatoms. The average Bonchev–Trinajstić information content (AvgIpc) is 2.90. The molecule has 4 aromatic rings. The fraction of sp³-hybridized carbons (Fsp3) is 0.0714. The summed E-state index contributed by atoms with van der Waals surface area (Å²) in [6, 6.07) is 24.6. The van der Waals surface area contributed by atoms with Gasteiger partial charge in [0, 0.05) is 11.3 Å². The van der Waals surface area contributed by atoms with Crippen molar-refractivity contribution in [2.75, 3.05) is 12.4 Å². The molecule has 0 bridgehead atoms. The van der Waals surface area contributed by atoms with Gasteiger partial charge < -0.3 is 14.8 Å². The van der Waals surface area contributed by atoms with Crippen molar-refractivity contribution in [2.24, 2.45) is 5.10 Å². The molecular weight excluding hydrogens is 458 g/mol. The van der Waals surface area contributed by atoms with E-state index in [1.165, 1.54) is 13.3 Å². The molecule has 0 aliphatic rings. The summed E-state index contributed by atoms with van der Waals surface area (Å²) in [6.07, 6.45) is 1.35. The number of amides is 2. The molecule has 2 N–H and O–H groups in total. The molecule has 180 valence electrons. The van der Waals surface area contributed by atoms with Gasteiger partial charge >= 0.3 is 17.8 Å². The lowest BCUT2D eigenvalue weighted by Crippen LogP contribution is -2.32. The van der Waals surface area contributed by atoms with Crippen LogP contribution in [0.4, 0.5) is 5.69 Å². The number of nitrogens with one attached hydrogen (secondary N) is 2. The summed E-state index contributed by atoms with van der Waals surface area (Å²) in [7, 11) is 1.53. The van der Waals surface area contributed by atoms with Gasteiger partial charge in [0.25, 0.3) is 0 Å². The molecule has 2 amide bonds. The number of fused-ring (bicyclic) bond motifs is 1. The molecule has 4 rings (SSSR count). The smallest absolute Gasteiger partial charge is 0.343 e. The Morgan fingerprint density at radius 2 is 1.64 bits per heavy atom. The van der Waals surface area contributed by atoms with Crippen LogP contribution in [0.25, 0.3) is 10.8 Å². The number of hydrogen-bond acceptors (Lipinski definition) is 6. The Kier molecular flexibility index (Phi) is 7.36. The van der Waals surface area contributed by atoms with Crippen molar-refractivity contribution in [1.82, 2.24) is 5.43 Å². The first-order chi connectivity index (χ1) is 17.4. The van der Waals surface area contributed by atoms with Crippen LogP contribution in [0.2, 0.25) is 0 Å². The number of benzene rings is 4. The molecule has 36 heavy (non-hydrogen) atoms. The summed E-state index contributed by atoms with van der Waals surface area (Å²) in [6.45, 7) is 1.89. The zero-order valence-corrected chi connectivity index (χ0v) is 19.6. The van der Waals surface area contributed by atoms with Crippen LogP contribution >= 0.6 is 0 Å². The predicted octanol–water partition coefficient (Wildman–Crippen LogP) is 4.46. The van der Waals surface area contributed by atoms with Crippen LogP contribution in [0, 0.1) is 6.92 Å². The lowest BCUT2D eigenvalue weighted by molar-refractivity contribution is -0.136. The summed E-state index contributed by atoms with van der Waals surface area (Å²) in [4.78, 5) is 37.2. The van der Waals surface area contributed by atoms with Crippen molar-refractivity contribution in [2.45, 2.75) is 6.92 Å². The van der Waals surface area contributed by atoms with Crippen LogP contribution in [0.5, 0.6) is 11.5 Å². The van der Waals surface area contributed by atoms with Gasteiger partial charge in [0.1, 0.15) is 11.5 Å². The number of carbonyl (C=O) groups is 3. The summed E-state index contributed by atoms with van der Waals surface area (Å²) >= 11 is 0. The number of methoxy groups -OCH3 is 1. The second kappa shape index (κ2) is 11.0. The summed E-state index contributed by atoms with van der Waals surface area (Å²) < 4.78 is 10.7. The van der Waals surface area contributed by atoms with Gasteiger partial charge in [-0.15, -0.1) is 0 Å². The van der Waals surface area contributed by atoms with Crippen molar-refractivity contribution in [1.29, 1.82) is 0 Å². The number of rotatable bonds is 6. The number of nitrogens with zero attached hydrogens (tertiary/aromatic N) is 1. The van der Waals surface area contributed by atoms with Gasteiger partial charge in [-0.05, 0) is 60.2 Å². The summed E-state index contributed by atoms with van der Waals surface area (Å²) in [5.74, 6) is -1.48. The molecule has 0 fully saturated rings. The predicted molar refractivity (Wildman–Crippen MR) is 137 cm³/mol. The highest BCUT2D eigenvalue weighted by Crippen LogP contribution is 2.27. The topological polar surface area (TPSA) is 106 Å². The molecule has 0 unspecified atom stereocenters. The van der Waals surface area contributed by atoms with Gasteiger partial charge in [0.05, 0.1) is 18.9 Å². The number of hydrazone groups is 1. The zero-order valence-electron chi connectivity index (χ0n) is 19.6. The van der Waals surface area contributed by atoms with E-state index in [1.807, 2.05) is 43.3 Å². The van der Waals surface area contributed by atoms with E-state index in [-0.39, 0.29) is 5.75 Å². The van der Waals surface area contributed by atoms with E-state index in [9.17, 15) is 14.4 Å². The molecule has 0 atom stereocenters. The van der Waals surface area contributed by atoms with Crippen LogP contribution in [0.3, 0.4) is 0 Å². The number of aryl methyl sites for hydroxylation is 1. The highest BCUT2D eigenvalue weighted by atomic mass is 16.5. The zero-order chi connectivity index (χ0) is 25.5. The Morgan fingerprint density at radius 3 is 2.39 bits per heavy atom. The second-order valence-corrected chi connectivity index (χ2v) is 7.84. The Labute approximate surface area is 207 Å². The molecule has 0 aliphatic carbocycles. The van der Waals surface area contributed by atoms with Gasteiger partial charge in [0.2, 0.25) is 0 Å². The Bertz CT molecular complexity index is 1460. The van der Waals surface area contributed by atoms with Crippen molar-refractivity contribution >= 4 is 40.5 Å². The lowest BCUT2D eigenvalue weighted by atomic mass is 10.0. The van der Waals surface area contributed by atoms with Crippen molar-refractivity contribution in [3.05, 3.63) is 102 Å². The SMILES string of the molecule is COc1ccc(NC(=O)C(=O)N/N=C/c2c(OC(=O)c3cccc(C)c3)ccc3ccccc23)cc1. The lowest BCUT2D eigenvalue weighted by Gasteiger charge is -2.11. The molecular formula is C28H23N3O5. The minimum absolute atomic E-state index is 0.265. The highest BCUT2D eigenvalue weighted by Gasteiger charge is 2.15. The van der Waals surface area contributed by atoms with Crippen LogP contribution in [0.1, 0.15) is 21.5 Å². The van der Waals surface area contributed by atoms with Gasteiger partial charge in [-0.25, -0.2) is 10.2 Å². The Balaban J connectivity index is 1.52. The van der Waals surface area contributed by atoms with Crippen molar-refractivity contribution in [3.63, 3.8) is 0 Å². The minimum atomic E-state index is -0.958. The van der Waals surface area contributed by atoms with Gasteiger partial charge in [-0.1, -0.05) is 48.0 Å².